The average Bonchev–Trinajstić information content (AvgIpc) is 2.43. The van der Waals surface area contributed by atoms with Crippen molar-refractivity contribution in [1.29, 1.82) is 0 Å². The second kappa shape index (κ2) is 5.79. The van der Waals surface area contributed by atoms with Gasteiger partial charge in [0.1, 0.15) is 5.82 Å². The Morgan fingerprint density at radius 3 is 2.45 bits per heavy atom. The summed E-state index contributed by atoms with van der Waals surface area (Å²) in [6.07, 6.45) is 0.743. The standard InChI is InChI=1S/C15H23N3O2/c1-5-13-6-12(15(19)20)7-14(16-13)18-8-10(2)17(4)11(3)9-18/h6-7,10-11H,5,8-9H2,1-4H3,(H,19,20). The van der Waals surface area contributed by atoms with Gasteiger partial charge in [0.2, 0.25) is 0 Å². The molecule has 0 bridgehead atoms. The van der Waals surface area contributed by atoms with Crippen molar-refractivity contribution in [2.45, 2.75) is 39.3 Å². The fourth-order valence-corrected chi connectivity index (χ4v) is 2.63. The zero-order chi connectivity index (χ0) is 14.9. The number of piperazine rings is 1. The second-order valence-electron chi connectivity index (χ2n) is 5.63. The van der Waals surface area contributed by atoms with Crippen LogP contribution in [-0.2, 0) is 6.42 Å². The van der Waals surface area contributed by atoms with E-state index >= 15 is 0 Å². The van der Waals surface area contributed by atoms with Crippen LogP contribution in [0.5, 0.6) is 0 Å². The Morgan fingerprint density at radius 2 is 1.95 bits per heavy atom. The highest BCUT2D eigenvalue weighted by Gasteiger charge is 2.27. The summed E-state index contributed by atoms with van der Waals surface area (Å²) in [5, 5.41) is 9.22. The van der Waals surface area contributed by atoms with E-state index in [1.165, 1.54) is 0 Å². The maximum Gasteiger partial charge on any atom is 0.335 e. The number of nitrogens with zero attached hydrogens (tertiary/aromatic N) is 3. The number of aromatic carboxylic acids is 1. The van der Waals surface area contributed by atoms with Crippen LogP contribution in [0.1, 0.15) is 36.8 Å². The van der Waals surface area contributed by atoms with Crippen LogP contribution >= 0.6 is 0 Å². The van der Waals surface area contributed by atoms with Crippen LogP contribution in [0.4, 0.5) is 5.82 Å². The van der Waals surface area contributed by atoms with Crippen LogP contribution in [0.2, 0.25) is 0 Å². The fourth-order valence-electron chi connectivity index (χ4n) is 2.63. The predicted molar refractivity (Wildman–Crippen MR) is 79.5 cm³/mol. The highest BCUT2D eigenvalue weighted by molar-refractivity contribution is 5.88. The molecular formula is C15H23N3O2. The maximum atomic E-state index is 11.2. The van der Waals surface area contributed by atoms with E-state index in [9.17, 15) is 9.90 Å². The molecule has 0 aliphatic carbocycles. The van der Waals surface area contributed by atoms with E-state index in [0.717, 1.165) is 31.0 Å². The molecule has 1 fully saturated rings. The van der Waals surface area contributed by atoms with Gasteiger partial charge in [-0.2, -0.15) is 0 Å². The molecule has 1 N–H and O–H groups in total. The largest absolute Gasteiger partial charge is 0.478 e. The number of carboxylic acids is 1. The SMILES string of the molecule is CCc1cc(C(=O)O)cc(N2CC(C)N(C)C(C)C2)n1. The number of carboxylic acid groups (broad SMARTS) is 1. The van der Waals surface area contributed by atoms with Crippen molar-refractivity contribution in [3.8, 4) is 0 Å². The molecular weight excluding hydrogens is 254 g/mol. The number of rotatable bonds is 3. The Kier molecular flexibility index (Phi) is 4.28. The van der Waals surface area contributed by atoms with Crippen LogP contribution in [0.15, 0.2) is 12.1 Å². The monoisotopic (exact) mass is 277 g/mol. The molecule has 0 spiro atoms. The Balaban J connectivity index is 2.32. The van der Waals surface area contributed by atoms with Gasteiger partial charge in [0.05, 0.1) is 5.56 Å². The van der Waals surface area contributed by atoms with E-state index in [-0.39, 0.29) is 0 Å². The second-order valence-corrected chi connectivity index (χ2v) is 5.63. The molecule has 1 aromatic rings. The minimum atomic E-state index is -0.890. The van der Waals surface area contributed by atoms with Crippen molar-refractivity contribution in [3.05, 3.63) is 23.4 Å². The Morgan fingerprint density at radius 1 is 1.35 bits per heavy atom. The van der Waals surface area contributed by atoms with Crippen molar-refractivity contribution < 1.29 is 9.90 Å². The first-order valence-electron chi connectivity index (χ1n) is 7.13. The minimum Gasteiger partial charge on any atom is -0.478 e. The summed E-state index contributed by atoms with van der Waals surface area (Å²) in [6, 6.07) is 4.21. The van der Waals surface area contributed by atoms with Gasteiger partial charge in [-0.3, -0.25) is 4.90 Å². The van der Waals surface area contributed by atoms with E-state index in [4.69, 9.17) is 0 Å². The van der Waals surface area contributed by atoms with E-state index in [0.29, 0.717) is 17.6 Å². The van der Waals surface area contributed by atoms with Crippen LogP contribution < -0.4 is 4.90 Å². The number of aromatic nitrogens is 1. The first-order valence-corrected chi connectivity index (χ1v) is 7.13. The number of likely N-dealkylation sites (N-methyl/N-ethyl adjacent to an activating group) is 1. The first kappa shape index (κ1) is 14.8. The lowest BCUT2D eigenvalue weighted by atomic mass is 10.1. The highest BCUT2D eigenvalue weighted by atomic mass is 16.4. The number of hydrogen-bond acceptors (Lipinski definition) is 4. The number of carbonyl (C=O) groups is 1. The van der Waals surface area contributed by atoms with Crippen LogP contribution in [0, 0.1) is 0 Å². The molecule has 5 nitrogen and oxygen atoms in total. The third-order valence-corrected chi connectivity index (χ3v) is 4.16. The normalized spacial score (nSPS) is 23.9. The summed E-state index contributed by atoms with van der Waals surface area (Å²) < 4.78 is 0. The minimum absolute atomic E-state index is 0.325. The summed E-state index contributed by atoms with van der Waals surface area (Å²) in [5.74, 6) is -0.105. The molecule has 5 heteroatoms. The van der Waals surface area contributed by atoms with E-state index < -0.39 is 5.97 Å². The molecule has 0 saturated carbocycles. The quantitative estimate of drug-likeness (QED) is 0.914. The predicted octanol–water partition coefficient (Wildman–Crippen LogP) is 1.87. The molecule has 2 rings (SSSR count). The topological polar surface area (TPSA) is 56.7 Å². The van der Waals surface area contributed by atoms with Crippen molar-refractivity contribution in [1.82, 2.24) is 9.88 Å². The third kappa shape index (κ3) is 2.93. The van der Waals surface area contributed by atoms with Gasteiger partial charge >= 0.3 is 5.97 Å². The summed E-state index contributed by atoms with van der Waals surface area (Å²) in [7, 11) is 2.13. The molecule has 1 aliphatic rings. The van der Waals surface area contributed by atoms with Crippen LogP contribution in [0.25, 0.3) is 0 Å². The molecule has 0 radical (unpaired) electrons. The lowest BCUT2D eigenvalue weighted by molar-refractivity contribution is 0.0696. The average molecular weight is 277 g/mol. The molecule has 0 amide bonds. The summed E-state index contributed by atoms with van der Waals surface area (Å²) >= 11 is 0. The number of pyridine rings is 1. The van der Waals surface area contributed by atoms with Gasteiger partial charge in [-0.15, -0.1) is 0 Å². The lowest BCUT2D eigenvalue weighted by Gasteiger charge is -2.43. The van der Waals surface area contributed by atoms with Gasteiger partial charge in [0.25, 0.3) is 0 Å². The molecule has 1 aromatic heterocycles. The van der Waals surface area contributed by atoms with Gasteiger partial charge in [0.15, 0.2) is 0 Å². The molecule has 2 unspecified atom stereocenters. The van der Waals surface area contributed by atoms with Gasteiger partial charge in [-0.05, 0) is 39.4 Å². The first-order chi connectivity index (χ1) is 9.42. The number of anilines is 1. The molecule has 1 aliphatic heterocycles. The van der Waals surface area contributed by atoms with E-state index in [2.05, 4.69) is 35.7 Å². The van der Waals surface area contributed by atoms with E-state index in [1.807, 2.05) is 6.92 Å². The maximum absolute atomic E-state index is 11.2. The van der Waals surface area contributed by atoms with Gasteiger partial charge in [-0.1, -0.05) is 6.92 Å². The Labute approximate surface area is 120 Å². The Bertz CT molecular complexity index is 492. The van der Waals surface area contributed by atoms with Crippen LogP contribution in [0.3, 0.4) is 0 Å². The number of hydrogen-bond donors (Lipinski definition) is 1. The van der Waals surface area contributed by atoms with Gasteiger partial charge in [0, 0.05) is 30.9 Å². The summed E-state index contributed by atoms with van der Waals surface area (Å²) in [5.41, 5.74) is 1.16. The Hall–Kier alpha value is -1.62. The van der Waals surface area contributed by atoms with Crippen molar-refractivity contribution in [2.24, 2.45) is 0 Å². The molecule has 2 atom stereocenters. The van der Waals surface area contributed by atoms with Crippen molar-refractivity contribution >= 4 is 11.8 Å². The zero-order valence-electron chi connectivity index (χ0n) is 12.6. The van der Waals surface area contributed by atoms with E-state index in [1.54, 1.807) is 12.1 Å². The smallest absolute Gasteiger partial charge is 0.335 e. The molecule has 1 saturated heterocycles. The third-order valence-electron chi connectivity index (χ3n) is 4.16. The van der Waals surface area contributed by atoms with Gasteiger partial charge in [-0.25, -0.2) is 9.78 Å². The summed E-state index contributed by atoms with van der Waals surface area (Å²) in [6.45, 7) is 8.11. The highest BCUT2D eigenvalue weighted by Crippen LogP contribution is 2.21. The van der Waals surface area contributed by atoms with Gasteiger partial charge < -0.3 is 10.0 Å². The van der Waals surface area contributed by atoms with Crippen molar-refractivity contribution in [2.75, 3.05) is 25.0 Å². The van der Waals surface area contributed by atoms with Crippen molar-refractivity contribution in [3.63, 3.8) is 0 Å². The lowest BCUT2D eigenvalue weighted by Crippen LogP contribution is -2.55. The fraction of sp³-hybridized carbons (Fsp3) is 0.600. The zero-order valence-corrected chi connectivity index (χ0v) is 12.6. The molecule has 20 heavy (non-hydrogen) atoms. The number of aryl methyl sites for hydroxylation is 1. The summed E-state index contributed by atoms with van der Waals surface area (Å²) in [4.78, 5) is 20.4. The molecule has 2 heterocycles. The molecule has 110 valence electrons. The van der Waals surface area contributed by atoms with Crippen LogP contribution in [-0.4, -0.2) is 53.2 Å². The molecule has 0 aromatic carbocycles.